The molecule has 2 aromatic heterocycles. The van der Waals surface area contributed by atoms with Gasteiger partial charge in [0.25, 0.3) is 5.91 Å². The summed E-state index contributed by atoms with van der Waals surface area (Å²) in [4.78, 5) is 27.8. The lowest BCUT2D eigenvalue weighted by molar-refractivity contribution is -0.137. The van der Waals surface area contributed by atoms with Crippen LogP contribution in [0.25, 0.3) is 0 Å². The van der Waals surface area contributed by atoms with Gasteiger partial charge in [0, 0.05) is 16.8 Å². The zero-order valence-corrected chi connectivity index (χ0v) is 12.0. The molecule has 0 aliphatic carbocycles. The second-order valence-electron chi connectivity index (χ2n) is 3.97. The molecule has 1 atom stereocenters. The van der Waals surface area contributed by atoms with Crippen LogP contribution in [0.2, 0.25) is 0 Å². The summed E-state index contributed by atoms with van der Waals surface area (Å²) in [5.74, 6) is -1.36. The molecule has 4 N–H and O–H groups in total. The van der Waals surface area contributed by atoms with Gasteiger partial charge in [0.05, 0.1) is 12.5 Å². The summed E-state index contributed by atoms with van der Waals surface area (Å²) in [5, 5.41) is 15.8. The summed E-state index contributed by atoms with van der Waals surface area (Å²) >= 11 is 2.71. The molecule has 0 saturated heterocycles. The van der Waals surface area contributed by atoms with E-state index in [1.807, 2.05) is 11.4 Å². The highest BCUT2D eigenvalue weighted by molar-refractivity contribution is 7.10. The van der Waals surface area contributed by atoms with Crippen LogP contribution < -0.4 is 11.1 Å². The van der Waals surface area contributed by atoms with Gasteiger partial charge in [-0.1, -0.05) is 6.07 Å². The van der Waals surface area contributed by atoms with Crippen molar-refractivity contribution >= 4 is 34.6 Å². The molecule has 20 heavy (non-hydrogen) atoms. The number of hydrogen-bond donors (Lipinski definition) is 3. The Balaban J connectivity index is 2.11. The van der Waals surface area contributed by atoms with Crippen molar-refractivity contribution in [2.24, 2.45) is 5.73 Å². The number of nitrogens with one attached hydrogen (secondary N) is 1. The third kappa shape index (κ3) is 3.62. The minimum Gasteiger partial charge on any atom is -0.481 e. The number of amides is 1. The van der Waals surface area contributed by atoms with Crippen LogP contribution in [-0.4, -0.2) is 22.0 Å². The Morgan fingerprint density at radius 2 is 2.25 bits per heavy atom. The Morgan fingerprint density at radius 3 is 2.80 bits per heavy atom. The minimum atomic E-state index is -0.968. The number of carboxylic acids is 1. The van der Waals surface area contributed by atoms with Crippen molar-refractivity contribution < 1.29 is 14.7 Å². The molecule has 0 aliphatic rings. The average Bonchev–Trinajstić information content (AvgIpc) is 3.08. The van der Waals surface area contributed by atoms with Gasteiger partial charge in [-0.05, 0) is 11.4 Å². The van der Waals surface area contributed by atoms with Crippen LogP contribution in [0.15, 0.2) is 22.9 Å². The lowest BCUT2D eigenvalue weighted by Crippen LogP contribution is -2.30. The highest BCUT2D eigenvalue weighted by Gasteiger charge is 2.21. The number of hydrogen-bond acceptors (Lipinski definition) is 6. The predicted octanol–water partition coefficient (Wildman–Crippen LogP) is 1.61. The van der Waals surface area contributed by atoms with Gasteiger partial charge >= 0.3 is 5.97 Å². The maximum atomic E-state index is 12.1. The van der Waals surface area contributed by atoms with Gasteiger partial charge in [-0.3, -0.25) is 9.59 Å². The maximum Gasteiger partial charge on any atom is 0.305 e. The molecule has 1 unspecified atom stereocenters. The summed E-state index contributed by atoms with van der Waals surface area (Å²) in [6, 6.07) is 3.06. The molecule has 2 aromatic rings. The first-order valence-electron chi connectivity index (χ1n) is 5.80. The first-order chi connectivity index (χ1) is 9.60. The van der Waals surface area contributed by atoms with Crippen LogP contribution in [0, 0.1) is 0 Å². The van der Waals surface area contributed by atoms with Crippen LogP contribution in [0.5, 0.6) is 0 Å². The first kappa shape index (κ1) is 14.6. The largest absolute Gasteiger partial charge is 0.481 e. The van der Waals surface area contributed by atoms with Crippen LogP contribution in [0.3, 0.4) is 0 Å². The number of aromatic nitrogens is 1. The summed E-state index contributed by atoms with van der Waals surface area (Å²) in [6.45, 7) is 0.279. The summed E-state index contributed by atoms with van der Waals surface area (Å²) in [5.41, 5.74) is 5.71. The van der Waals surface area contributed by atoms with E-state index in [1.54, 1.807) is 11.4 Å². The van der Waals surface area contributed by atoms with E-state index in [-0.39, 0.29) is 24.6 Å². The topological polar surface area (TPSA) is 105 Å². The Hall–Kier alpha value is -1.77. The molecule has 0 bridgehead atoms. The molecule has 0 aliphatic heterocycles. The van der Waals surface area contributed by atoms with Gasteiger partial charge in [-0.25, -0.2) is 4.98 Å². The van der Waals surface area contributed by atoms with E-state index in [9.17, 15) is 9.59 Å². The maximum absolute atomic E-state index is 12.1. The number of carboxylic acid groups (broad SMARTS) is 1. The number of carbonyl (C=O) groups is 2. The number of carbonyl (C=O) groups excluding carboxylic acids is 1. The fraction of sp³-hybridized carbons (Fsp3) is 0.250. The van der Waals surface area contributed by atoms with Gasteiger partial charge in [0.2, 0.25) is 0 Å². The molecule has 0 fully saturated rings. The lowest BCUT2D eigenvalue weighted by atomic mass is 10.1. The van der Waals surface area contributed by atoms with Gasteiger partial charge in [0.15, 0.2) is 0 Å². The van der Waals surface area contributed by atoms with Crippen molar-refractivity contribution in [1.29, 1.82) is 0 Å². The van der Waals surface area contributed by atoms with E-state index in [0.717, 1.165) is 4.88 Å². The predicted molar refractivity (Wildman–Crippen MR) is 76.8 cm³/mol. The van der Waals surface area contributed by atoms with Crippen molar-refractivity contribution in [3.05, 3.63) is 38.5 Å². The molecule has 8 heteroatoms. The van der Waals surface area contributed by atoms with E-state index in [2.05, 4.69) is 10.3 Å². The molecule has 1 amide bonds. The van der Waals surface area contributed by atoms with Crippen LogP contribution in [0.4, 0.5) is 0 Å². The van der Waals surface area contributed by atoms with E-state index in [1.165, 1.54) is 22.7 Å². The zero-order chi connectivity index (χ0) is 14.5. The Morgan fingerprint density at radius 1 is 1.45 bits per heavy atom. The SMILES string of the molecule is NCc1nc(C(=O)NC(CC(=O)O)c2cccs2)cs1. The molecule has 106 valence electrons. The van der Waals surface area contributed by atoms with E-state index in [0.29, 0.717) is 5.01 Å². The number of nitrogens with two attached hydrogens (primary N) is 1. The summed E-state index contributed by atoms with van der Waals surface area (Å²) < 4.78 is 0. The number of thiophene rings is 1. The number of thiazole rings is 1. The summed E-state index contributed by atoms with van der Waals surface area (Å²) in [7, 11) is 0. The molecule has 2 heterocycles. The smallest absolute Gasteiger partial charge is 0.305 e. The number of rotatable bonds is 6. The first-order valence-corrected chi connectivity index (χ1v) is 7.56. The summed E-state index contributed by atoms with van der Waals surface area (Å²) in [6.07, 6.45) is -0.167. The van der Waals surface area contributed by atoms with Gasteiger partial charge in [-0.2, -0.15) is 0 Å². The minimum absolute atomic E-state index is 0.167. The van der Waals surface area contributed by atoms with Gasteiger partial charge in [-0.15, -0.1) is 22.7 Å². The highest BCUT2D eigenvalue weighted by atomic mass is 32.1. The van der Waals surface area contributed by atoms with Gasteiger partial charge in [0.1, 0.15) is 10.7 Å². The molecule has 0 saturated carbocycles. The normalized spacial score (nSPS) is 12.1. The van der Waals surface area contributed by atoms with Crippen molar-refractivity contribution in [3.63, 3.8) is 0 Å². The number of nitrogens with zero attached hydrogens (tertiary/aromatic N) is 1. The lowest BCUT2D eigenvalue weighted by Gasteiger charge is -2.14. The van der Waals surface area contributed by atoms with E-state index >= 15 is 0 Å². The number of aliphatic carboxylic acids is 1. The van der Waals surface area contributed by atoms with E-state index < -0.39 is 12.0 Å². The van der Waals surface area contributed by atoms with Crippen molar-refractivity contribution in [2.75, 3.05) is 0 Å². The Bertz CT molecular complexity index is 595. The molecular weight excluding hydrogens is 298 g/mol. The van der Waals surface area contributed by atoms with Crippen molar-refractivity contribution in [1.82, 2.24) is 10.3 Å². The second kappa shape index (κ2) is 6.60. The molecule has 0 radical (unpaired) electrons. The standard InChI is InChI=1S/C12H13N3O3S2/c13-5-10-14-8(6-20-10)12(18)15-7(4-11(16)17)9-2-1-3-19-9/h1-3,6-7H,4-5,13H2,(H,15,18)(H,16,17). The average molecular weight is 311 g/mol. The van der Waals surface area contributed by atoms with Crippen LogP contribution in [0.1, 0.15) is 32.8 Å². The third-order valence-corrected chi connectivity index (χ3v) is 4.39. The molecule has 0 aromatic carbocycles. The van der Waals surface area contributed by atoms with Crippen molar-refractivity contribution in [3.8, 4) is 0 Å². The van der Waals surface area contributed by atoms with Crippen molar-refractivity contribution in [2.45, 2.75) is 19.0 Å². The molecule has 0 spiro atoms. The second-order valence-corrected chi connectivity index (χ2v) is 5.89. The molecule has 2 rings (SSSR count). The fourth-order valence-corrected chi connectivity index (χ4v) is 3.06. The van der Waals surface area contributed by atoms with Crippen LogP contribution in [-0.2, 0) is 11.3 Å². The third-order valence-electron chi connectivity index (χ3n) is 2.53. The monoisotopic (exact) mass is 311 g/mol. The Labute approximate surface area is 123 Å². The fourth-order valence-electron chi connectivity index (χ4n) is 1.63. The van der Waals surface area contributed by atoms with E-state index in [4.69, 9.17) is 10.8 Å². The van der Waals surface area contributed by atoms with Crippen LogP contribution >= 0.6 is 22.7 Å². The molecular formula is C12H13N3O3S2. The zero-order valence-electron chi connectivity index (χ0n) is 10.4. The van der Waals surface area contributed by atoms with Gasteiger partial charge < -0.3 is 16.2 Å². The Kier molecular flexibility index (Phi) is 4.83. The quantitative estimate of drug-likeness (QED) is 0.751. The molecule has 6 nitrogen and oxygen atoms in total. The highest BCUT2D eigenvalue weighted by Crippen LogP contribution is 2.22.